The number of nitrogens with zero attached hydrogens (tertiary/aromatic N) is 2. The SMILES string of the molecule is CC(C)(CC#N)CS(=O)(=O)N1C[C@@H]2CCC[C@@]2(C(=O)O)C1. The minimum atomic E-state index is -3.53. The number of carbonyl (C=O) groups is 1. The van der Waals surface area contributed by atoms with Gasteiger partial charge in [0.2, 0.25) is 10.0 Å². The highest BCUT2D eigenvalue weighted by Crippen LogP contribution is 2.49. The van der Waals surface area contributed by atoms with E-state index in [4.69, 9.17) is 5.26 Å². The van der Waals surface area contributed by atoms with E-state index in [1.807, 2.05) is 6.07 Å². The van der Waals surface area contributed by atoms with E-state index in [1.165, 1.54) is 4.31 Å². The molecule has 0 unspecified atom stereocenters. The monoisotopic (exact) mass is 314 g/mol. The van der Waals surface area contributed by atoms with E-state index in [0.717, 1.165) is 12.8 Å². The third-order valence-corrected chi connectivity index (χ3v) is 7.00. The van der Waals surface area contributed by atoms with Crippen LogP contribution in [0.2, 0.25) is 0 Å². The first-order valence-corrected chi connectivity index (χ1v) is 8.82. The van der Waals surface area contributed by atoms with E-state index >= 15 is 0 Å². The summed E-state index contributed by atoms with van der Waals surface area (Å²) in [7, 11) is -3.53. The molecule has 0 aromatic carbocycles. The number of fused-ring (bicyclic) bond motifs is 1. The minimum absolute atomic E-state index is 0.0798. The highest BCUT2D eigenvalue weighted by molar-refractivity contribution is 7.89. The smallest absolute Gasteiger partial charge is 0.311 e. The van der Waals surface area contributed by atoms with Gasteiger partial charge < -0.3 is 5.11 Å². The molecule has 0 aromatic heterocycles. The largest absolute Gasteiger partial charge is 0.481 e. The Kier molecular flexibility index (Phi) is 4.06. The van der Waals surface area contributed by atoms with Crippen molar-refractivity contribution in [2.75, 3.05) is 18.8 Å². The van der Waals surface area contributed by atoms with Gasteiger partial charge in [-0.15, -0.1) is 0 Å². The molecule has 1 aliphatic carbocycles. The lowest BCUT2D eigenvalue weighted by molar-refractivity contribution is -0.149. The van der Waals surface area contributed by atoms with Gasteiger partial charge in [0.15, 0.2) is 0 Å². The first kappa shape index (κ1) is 16.2. The van der Waals surface area contributed by atoms with Gasteiger partial charge in [-0.1, -0.05) is 20.3 Å². The number of sulfonamides is 1. The fraction of sp³-hybridized carbons (Fsp3) is 0.857. The van der Waals surface area contributed by atoms with Crippen LogP contribution in [0.5, 0.6) is 0 Å². The van der Waals surface area contributed by atoms with Crippen LogP contribution in [0.4, 0.5) is 0 Å². The zero-order chi connectivity index (χ0) is 15.9. The van der Waals surface area contributed by atoms with Crippen LogP contribution >= 0.6 is 0 Å². The number of aliphatic carboxylic acids is 1. The second-order valence-electron chi connectivity index (χ2n) is 7.10. The quantitative estimate of drug-likeness (QED) is 0.828. The molecule has 2 fully saturated rings. The Morgan fingerprint density at radius 2 is 2.19 bits per heavy atom. The van der Waals surface area contributed by atoms with Crippen LogP contribution in [0.15, 0.2) is 0 Å². The molecule has 0 amide bonds. The average molecular weight is 314 g/mol. The van der Waals surface area contributed by atoms with Gasteiger partial charge in [0.1, 0.15) is 0 Å². The summed E-state index contributed by atoms with van der Waals surface area (Å²) < 4.78 is 26.4. The van der Waals surface area contributed by atoms with E-state index in [-0.39, 0.29) is 24.6 Å². The van der Waals surface area contributed by atoms with Crippen LogP contribution in [0.3, 0.4) is 0 Å². The molecule has 1 aliphatic heterocycles. The lowest BCUT2D eigenvalue weighted by atomic mass is 9.81. The van der Waals surface area contributed by atoms with E-state index in [9.17, 15) is 18.3 Å². The highest BCUT2D eigenvalue weighted by Gasteiger charge is 2.57. The van der Waals surface area contributed by atoms with Gasteiger partial charge in [-0.3, -0.25) is 4.79 Å². The molecule has 0 aromatic rings. The van der Waals surface area contributed by atoms with Gasteiger partial charge in [0, 0.05) is 19.5 Å². The summed E-state index contributed by atoms with van der Waals surface area (Å²) in [6.07, 6.45) is 2.35. The summed E-state index contributed by atoms with van der Waals surface area (Å²) >= 11 is 0. The maximum atomic E-state index is 12.5. The van der Waals surface area contributed by atoms with E-state index < -0.39 is 26.8 Å². The third-order valence-electron chi connectivity index (χ3n) is 4.79. The Labute approximate surface area is 125 Å². The molecule has 0 radical (unpaired) electrons. The van der Waals surface area contributed by atoms with Crippen molar-refractivity contribution in [3.63, 3.8) is 0 Å². The molecular formula is C14H22N2O4S. The van der Waals surface area contributed by atoms with Crippen molar-refractivity contribution in [1.29, 1.82) is 5.26 Å². The molecule has 21 heavy (non-hydrogen) atoms. The maximum absolute atomic E-state index is 12.5. The maximum Gasteiger partial charge on any atom is 0.311 e. The van der Waals surface area contributed by atoms with Crippen LogP contribution in [0.25, 0.3) is 0 Å². The number of rotatable bonds is 5. The summed E-state index contributed by atoms with van der Waals surface area (Å²) in [5, 5.41) is 18.3. The van der Waals surface area contributed by atoms with Crippen molar-refractivity contribution in [1.82, 2.24) is 4.31 Å². The van der Waals surface area contributed by atoms with Gasteiger partial charge in [0.05, 0.1) is 17.2 Å². The Hall–Kier alpha value is -1.13. The van der Waals surface area contributed by atoms with Crippen LogP contribution < -0.4 is 0 Å². The summed E-state index contributed by atoms with van der Waals surface area (Å²) in [6, 6.07) is 2.01. The van der Waals surface area contributed by atoms with Crippen LogP contribution in [-0.4, -0.2) is 42.6 Å². The molecular weight excluding hydrogens is 292 g/mol. The third kappa shape index (κ3) is 2.92. The van der Waals surface area contributed by atoms with Crippen molar-refractivity contribution in [2.24, 2.45) is 16.7 Å². The molecule has 2 aliphatic rings. The molecule has 1 N–H and O–H groups in total. The van der Waals surface area contributed by atoms with Crippen molar-refractivity contribution >= 4 is 16.0 Å². The van der Waals surface area contributed by atoms with E-state index in [0.29, 0.717) is 13.0 Å². The first-order valence-electron chi connectivity index (χ1n) is 7.21. The Morgan fingerprint density at radius 3 is 2.71 bits per heavy atom. The van der Waals surface area contributed by atoms with Crippen LogP contribution in [-0.2, 0) is 14.8 Å². The molecule has 1 saturated heterocycles. The number of carboxylic acids is 1. The second-order valence-corrected chi connectivity index (χ2v) is 9.07. The zero-order valence-corrected chi connectivity index (χ0v) is 13.3. The molecule has 0 spiro atoms. The molecule has 6 nitrogen and oxygen atoms in total. The van der Waals surface area contributed by atoms with E-state index in [2.05, 4.69) is 0 Å². The number of hydrogen-bond acceptors (Lipinski definition) is 4. The van der Waals surface area contributed by atoms with Gasteiger partial charge in [0.25, 0.3) is 0 Å². The van der Waals surface area contributed by atoms with Crippen molar-refractivity contribution in [3.8, 4) is 6.07 Å². The highest BCUT2D eigenvalue weighted by atomic mass is 32.2. The lowest BCUT2D eigenvalue weighted by Gasteiger charge is -2.26. The predicted molar refractivity (Wildman–Crippen MR) is 76.8 cm³/mol. The standard InChI is InChI=1S/C14H22N2O4S/c1-13(2,6-7-15)10-21(19,20)16-8-11-4-3-5-14(11,9-16)12(17)18/h11H,3-6,8-10H2,1-2H3,(H,17,18)/t11-,14+/m0/s1. The predicted octanol–water partition coefficient (Wildman–Crippen LogP) is 1.44. The van der Waals surface area contributed by atoms with Crippen molar-refractivity contribution in [3.05, 3.63) is 0 Å². The molecule has 7 heteroatoms. The molecule has 0 bridgehead atoms. The van der Waals surface area contributed by atoms with Crippen LogP contribution in [0.1, 0.15) is 39.5 Å². The Bertz CT molecular complexity index is 578. The number of hydrogen-bond donors (Lipinski definition) is 1. The molecule has 1 saturated carbocycles. The summed E-state index contributed by atoms with van der Waals surface area (Å²) in [6.45, 7) is 3.88. The molecule has 2 atom stereocenters. The van der Waals surface area contributed by atoms with Gasteiger partial charge >= 0.3 is 5.97 Å². The fourth-order valence-corrected chi connectivity index (χ4v) is 5.76. The first-order chi connectivity index (χ1) is 9.63. The van der Waals surface area contributed by atoms with Crippen LogP contribution in [0, 0.1) is 28.1 Å². The molecule has 2 rings (SSSR count). The van der Waals surface area contributed by atoms with Gasteiger partial charge in [-0.25, -0.2) is 12.7 Å². The fourth-order valence-electron chi connectivity index (χ4n) is 3.65. The summed E-state index contributed by atoms with van der Waals surface area (Å²) in [4.78, 5) is 11.6. The average Bonchev–Trinajstić information content (AvgIpc) is 2.83. The Balaban J connectivity index is 2.17. The number of nitriles is 1. The molecule has 118 valence electrons. The summed E-state index contributed by atoms with van der Waals surface area (Å²) in [5.41, 5.74) is -1.52. The zero-order valence-electron chi connectivity index (χ0n) is 12.5. The molecule has 1 heterocycles. The topological polar surface area (TPSA) is 98.5 Å². The summed E-state index contributed by atoms with van der Waals surface area (Å²) in [5.74, 6) is -1.07. The van der Waals surface area contributed by atoms with E-state index in [1.54, 1.807) is 13.8 Å². The second kappa shape index (κ2) is 5.25. The lowest BCUT2D eigenvalue weighted by Crippen LogP contribution is -2.40. The number of carboxylic acid groups (broad SMARTS) is 1. The van der Waals surface area contributed by atoms with Crippen molar-refractivity contribution in [2.45, 2.75) is 39.5 Å². The Morgan fingerprint density at radius 1 is 1.52 bits per heavy atom. The van der Waals surface area contributed by atoms with Gasteiger partial charge in [-0.2, -0.15) is 5.26 Å². The normalized spacial score (nSPS) is 30.0. The minimum Gasteiger partial charge on any atom is -0.481 e. The van der Waals surface area contributed by atoms with Crippen molar-refractivity contribution < 1.29 is 18.3 Å². The van der Waals surface area contributed by atoms with Gasteiger partial charge in [-0.05, 0) is 24.2 Å².